The van der Waals surface area contributed by atoms with Crippen molar-refractivity contribution in [3.63, 3.8) is 0 Å². The topological polar surface area (TPSA) is 93.1 Å². The molecule has 0 aliphatic heterocycles. The maximum absolute atomic E-state index is 11.3. The molecule has 0 saturated heterocycles. The van der Waals surface area contributed by atoms with Gasteiger partial charge in [-0.1, -0.05) is 13.8 Å². The molecule has 0 aliphatic carbocycles. The molecule has 0 heterocycles. The highest BCUT2D eigenvalue weighted by atomic mass is 31.2. The van der Waals surface area contributed by atoms with Gasteiger partial charge in [-0.25, -0.2) is 5.26 Å². The Balaban J connectivity index is 4.73. The largest absolute Gasteiger partial charge is 0.465 e. The van der Waals surface area contributed by atoms with E-state index >= 15 is 0 Å². The molecule has 90 valence electrons. The maximum Gasteiger partial charge on any atom is 0.369 e. The first-order valence-electron chi connectivity index (χ1n) is 4.67. The molecule has 6 nitrogen and oxygen atoms in total. The van der Waals surface area contributed by atoms with Gasteiger partial charge in [0.25, 0.3) is 0 Å². The summed E-state index contributed by atoms with van der Waals surface area (Å²) in [5.74, 6) is -0.818. The number of carbonyl (C=O) groups is 1. The van der Waals surface area contributed by atoms with Crippen LogP contribution in [0, 0.1) is 5.92 Å². The smallest absolute Gasteiger partial charge is 0.369 e. The molecule has 0 spiro atoms. The first kappa shape index (κ1) is 14.6. The van der Waals surface area contributed by atoms with Crippen LogP contribution < -0.4 is 0 Å². The molecular weight excluding hydrogens is 223 g/mol. The van der Waals surface area contributed by atoms with E-state index < -0.39 is 19.2 Å². The van der Waals surface area contributed by atoms with Crippen molar-refractivity contribution in [3.05, 3.63) is 0 Å². The zero-order chi connectivity index (χ0) is 12.1. The summed E-state index contributed by atoms with van der Waals surface area (Å²) < 4.78 is 19.4. The second kappa shape index (κ2) is 6.23. The van der Waals surface area contributed by atoms with Crippen LogP contribution in [0.25, 0.3) is 0 Å². The first-order chi connectivity index (χ1) is 6.85. The van der Waals surface area contributed by atoms with Gasteiger partial charge >= 0.3 is 13.6 Å². The van der Waals surface area contributed by atoms with Gasteiger partial charge in [0.15, 0.2) is 5.66 Å². The number of rotatable bonds is 6. The molecule has 0 fully saturated rings. The summed E-state index contributed by atoms with van der Waals surface area (Å²) in [7, 11) is -4.34. The van der Waals surface area contributed by atoms with Crippen molar-refractivity contribution < 1.29 is 28.9 Å². The SMILES string of the molecule is CCOC(=O)C(CC(C)C)P(=O)(O)OO. The predicted octanol–water partition coefficient (Wildman–Crippen LogP) is 1.64. The summed E-state index contributed by atoms with van der Waals surface area (Å²) in [5.41, 5.74) is -1.33. The van der Waals surface area contributed by atoms with E-state index in [0.29, 0.717) is 0 Å². The number of esters is 1. The lowest BCUT2D eigenvalue weighted by Crippen LogP contribution is -2.26. The first-order valence-corrected chi connectivity index (χ1v) is 6.32. The molecule has 2 atom stereocenters. The summed E-state index contributed by atoms with van der Waals surface area (Å²) in [6.07, 6.45) is 0.118. The predicted molar refractivity (Wildman–Crippen MR) is 53.4 cm³/mol. The lowest BCUT2D eigenvalue weighted by Gasteiger charge is -2.19. The minimum absolute atomic E-state index is 0.00929. The fourth-order valence-corrected chi connectivity index (χ4v) is 2.25. The summed E-state index contributed by atoms with van der Waals surface area (Å²) in [5, 5.41) is 8.27. The van der Waals surface area contributed by atoms with Crippen LogP contribution in [0.2, 0.25) is 0 Å². The molecule has 2 unspecified atom stereocenters. The molecule has 0 aliphatic rings. The minimum Gasteiger partial charge on any atom is -0.465 e. The van der Waals surface area contributed by atoms with Crippen LogP contribution in [0.3, 0.4) is 0 Å². The van der Waals surface area contributed by atoms with Gasteiger partial charge in [0, 0.05) is 0 Å². The highest BCUT2D eigenvalue weighted by molar-refractivity contribution is 7.54. The Bertz CT molecular complexity index is 252. The van der Waals surface area contributed by atoms with E-state index in [0.717, 1.165) is 0 Å². The lowest BCUT2D eigenvalue weighted by atomic mass is 10.1. The summed E-state index contributed by atoms with van der Waals surface area (Å²) in [6, 6.07) is 0. The molecule has 0 radical (unpaired) electrons. The summed E-state index contributed by atoms with van der Waals surface area (Å²) in [6.45, 7) is 5.26. The molecule has 0 aromatic carbocycles. The Morgan fingerprint density at radius 2 is 2.00 bits per heavy atom. The van der Waals surface area contributed by atoms with Gasteiger partial charge in [0.1, 0.15) is 0 Å². The average Bonchev–Trinajstić information content (AvgIpc) is 2.14. The van der Waals surface area contributed by atoms with Crippen LogP contribution in [-0.4, -0.2) is 28.4 Å². The number of hydrogen-bond donors (Lipinski definition) is 2. The van der Waals surface area contributed by atoms with Gasteiger partial charge in [0.2, 0.25) is 0 Å². The van der Waals surface area contributed by atoms with Crippen LogP contribution in [0.1, 0.15) is 27.2 Å². The van der Waals surface area contributed by atoms with E-state index in [1.165, 1.54) is 0 Å². The van der Waals surface area contributed by atoms with Crippen LogP contribution in [0.5, 0.6) is 0 Å². The Kier molecular flexibility index (Phi) is 6.05. The summed E-state index contributed by atoms with van der Waals surface area (Å²) in [4.78, 5) is 20.6. The highest BCUT2D eigenvalue weighted by Crippen LogP contribution is 2.49. The fraction of sp³-hybridized carbons (Fsp3) is 0.875. The molecule has 0 bridgehead atoms. The van der Waals surface area contributed by atoms with Crippen molar-refractivity contribution in [3.8, 4) is 0 Å². The van der Waals surface area contributed by atoms with Gasteiger partial charge in [-0.05, 0) is 19.3 Å². The summed E-state index contributed by atoms with van der Waals surface area (Å²) >= 11 is 0. The minimum atomic E-state index is -4.34. The quantitative estimate of drug-likeness (QED) is 0.317. The van der Waals surface area contributed by atoms with E-state index in [-0.39, 0.29) is 18.9 Å². The van der Waals surface area contributed by atoms with Crippen molar-refractivity contribution in [2.45, 2.75) is 32.9 Å². The zero-order valence-corrected chi connectivity index (χ0v) is 9.94. The van der Waals surface area contributed by atoms with E-state index in [9.17, 15) is 14.3 Å². The van der Waals surface area contributed by atoms with Gasteiger partial charge < -0.3 is 9.63 Å². The van der Waals surface area contributed by atoms with Gasteiger partial charge in [-0.3, -0.25) is 9.36 Å². The fourth-order valence-electron chi connectivity index (χ4n) is 1.10. The molecule has 0 aromatic heterocycles. The van der Waals surface area contributed by atoms with Gasteiger partial charge in [0.05, 0.1) is 6.61 Å². The Labute approximate surface area is 88.7 Å². The average molecular weight is 240 g/mol. The van der Waals surface area contributed by atoms with Crippen LogP contribution >= 0.6 is 7.60 Å². The molecule has 7 heteroatoms. The van der Waals surface area contributed by atoms with Crippen LogP contribution in [0.4, 0.5) is 0 Å². The molecule has 0 saturated carbocycles. The molecule has 2 N–H and O–H groups in total. The van der Waals surface area contributed by atoms with E-state index in [1.54, 1.807) is 20.8 Å². The van der Waals surface area contributed by atoms with Crippen LogP contribution in [-0.2, 0) is 18.8 Å². The third kappa shape index (κ3) is 4.75. The molecule has 0 amide bonds. The van der Waals surface area contributed by atoms with E-state index in [4.69, 9.17) is 5.26 Å². The zero-order valence-electron chi connectivity index (χ0n) is 9.04. The molecular formula is C8H17O6P. The van der Waals surface area contributed by atoms with Crippen molar-refractivity contribution in [1.82, 2.24) is 0 Å². The van der Waals surface area contributed by atoms with E-state index in [2.05, 4.69) is 9.41 Å². The highest BCUT2D eigenvalue weighted by Gasteiger charge is 2.40. The van der Waals surface area contributed by atoms with Crippen molar-refractivity contribution >= 4 is 13.6 Å². The number of ether oxygens (including phenoxy) is 1. The van der Waals surface area contributed by atoms with Crippen molar-refractivity contribution in [2.24, 2.45) is 5.92 Å². The van der Waals surface area contributed by atoms with Gasteiger partial charge in [-0.15, -0.1) is 0 Å². The van der Waals surface area contributed by atoms with Crippen molar-refractivity contribution in [2.75, 3.05) is 6.61 Å². The Morgan fingerprint density at radius 3 is 2.33 bits per heavy atom. The van der Waals surface area contributed by atoms with Crippen LogP contribution in [0.15, 0.2) is 0 Å². The second-order valence-electron chi connectivity index (χ2n) is 3.54. The normalized spacial score (nSPS) is 17.2. The maximum atomic E-state index is 11.3. The van der Waals surface area contributed by atoms with Crippen molar-refractivity contribution in [1.29, 1.82) is 0 Å². The Hall–Kier alpha value is -0.420. The molecule has 15 heavy (non-hydrogen) atoms. The second-order valence-corrected chi connectivity index (χ2v) is 5.46. The number of hydrogen-bond acceptors (Lipinski definition) is 5. The lowest BCUT2D eigenvalue weighted by molar-refractivity contribution is -0.155. The molecule has 0 rings (SSSR count). The third-order valence-electron chi connectivity index (χ3n) is 1.76. The standard InChI is InChI=1S/C8H17O6P/c1-4-13-8(9)7(5-6(2)3)15(11,12)14-10/h6-7,10H,4-5H2,1-3H3,(H,11,12). The van der Waals surface area contributed by atoms with E-state index in [1.807, 2.05) is 0 Å². The monoisotopic (exact) mass is 240 g/mol. The Morgan fingerprint density at radius 1 is 1.47 bits per heavy atom. The number of carbonyl (C=O) groups excluding carboxylic acids is 1. The molecule has 0 aromatic rings. The van der Waals surface area contributed by atoms with Gasteiger partial charge in [-0.2, -0.15) is 4.67 Å². The third-order valence-corrected chi connectivity index (χ3v) is 3.21.